The van der Waals surface area contributed by atoms with Crippen molar-refractivity contribution in [1.29, 1.82) is 0 Å². The molecule has 286 valence electrons. The molecule has 0 radical (unpaired) electrons. The summed E-state index contributed by atoms with van der Waals surface area (Å²) in [5, 5.41) is 11.3. The largest absolute Gasteiger partial charge is 0.371 e. The van der Waals surface area contributed by atoms with Crippen molar-refractivity contribution in [1.82, 2.24) is 34.3 Å². The highest BCUT2D eigenvalue weighted by Gasteiger charge is 2.32. The van der Waals surface area contributed by atoms with Gasteiger partial charge in [0.05, 0.1) is 22.3 Å². The molecule has 4 fully saturated rings. The molecule has 16 heteroatoms. The third-order valence-corrected chi connectivity index (χ3v) is 13.1. The Morgan fingerprint density at radius 3 is 2.41 bits per heavy atom. The van der Waals surface area contributed by atoms with Gasteiger partial charge in [-0.25, -0.2) is 27.7 Å². The van der Waals surface area contributed by atoms with Crippen LogP contribution in [0.15, 0.2) is 53.7 Å². The molecule has 0 saturated carbocycles. The molecule has 4 aliphatic heterocycles. The van der Waals surface area contributed by atoms with Crippen LogP contribution < -0.4 is 20.4 Å². The van der Waals surface area contributed by atoms with E-state index in [1.807, 2.05) is 24.3 Å². The van der Waals surface area contributed by atoms with Crippen LogP contribution in [0.2, 0.25) is 5.02 Å². The number of imide groups is 1. The molecule has 2 aromatic carbocycles. The number of hydrogen-bond acceptors (Lipinski definition) is 9. The van der Waals surface area contributed by atoms with Gasteiger partial charge in [0.25, 0.3) is 0 Å². The molecule has 13 nitrogen and oxygen atoms in total. The fraction of sp³-hybridized carbons (Fsp3) is 0.500. The van der Waals surface area contributed by atoms with E-state index in [0.717, 1.165) is 94.9 Å². The molecule has 0 spiro atoms. The highest BCUT2D eigenvalue weighted by atomic mass is 35.5. The number of hydrogen-bond donors (Lipinski definition) is 2. The van der Waals surface area contributed by atoms with Gasteiger partial charge in [-0.15, -0.1) is 0 Å². The molecular weight excluding hydrogens is 731 g/mol. The summed E-state index contributed by atoms with van der Waals surface area (Å²) >= 11 is 5.91. The number of carbonyl (C=O) groups excluding carboxylic acids is 2. The number of aryl methyl sites for hydroxylation is 1. The first kappa shape index (κ1) is 36.8. The Bertz CT molecular complexity index is 2030. The minimum atomic E-state index is -1.22. The lowest BCUT2D eigenvalue weighted by Crippen LogP contribution is -2.49. The zero-order chi connectivity index (χ0) is 37.3. The second-order valence-corrected chi connectivity index (χ2v) is 16.8. The van der Waals surface area contributed by atoms with Gasteiger partial charge in [0, 0.05) is 69.9 Å². The molecule has 2 aromatic heterocycles. The quantitative estimate of drug-likeness (QED) is 0.233. The monoisotopic (exact) mass is 776 g/mol. The van der Waals surface area contributed by atoms with Crippen molar-refractivity contribution < 1.29 is 18.2 Å². The number of amides is 3. The molecule has 4 aromatic rings. The van der Waals surface area contributed by atoms with Crippen molar-refractivity contribution in [3.05, 3.63) is 65.2 Å². The lowest BCUT2D eigenvalue weighted by Gasteiger charge is -2.38. The van der Waals surface area contributed by atoms with Crippen molar-refractivity contribution in [3.63, 3.8) is 0 Å². The van der Waals surface area contributed by atoms with E-state index in [0.29, 0.717) is 39.2 Å². The van der Waals surface area contributed by atoms with Crippen molar-refractivity contribution in [2.45, 2.75) is 61.8 Å². The first-order valence-corrected chi connectivity index (χ1v) is 20.4. The number of aromatic nitrogens is 4. The van der Waals surface area contributed by atoms with Crippen LogP contribution in [0, 0.1) is 11.7 Å². The molecule has 2 N–H and O–H groups in total. The van der Waals surface area contributed by atoms with E-state index in [1.54, 1.807) is 19.4 Å². The third kappa shape index (κ3) is 7.81. The maximum Gasteiger partial charge on any atom is 0.329 e. The van der Waals surface area contributed by atoms with Gasteiger partial charge in [0.2, 0.25) is 11.9 Å². The number of nitrogens with one attached hydrogen (secondary N) is 2. The van der Waals surface area contributed by atoms with Crippen LogP contribution >= 0.6 is 11.6 Å². The van der Waals surface area contributed by atoms with Gasteiger partial charge in [-0.2, -0.15) is 5.10 Å². The van der Waals surface area contributed by atoms with Crippen LogP contribution in [0.4, 0.5) is 26.6 Å². The van der Waals surface area contributed by atoms with Crippen molar-refractivity contribution in [2.75, 3.05) is 67.5 Å². The van der Waals surface area contributed by atoms with E-state index in [4.69, 9.17) is 11.6 Å². The molecule has 1 unspecified atom stereocenters. The number of rotatable bonds is 9. The number of likely N-dealkylation sites (tertiary alicyclic amines) is 1. The van der Waals surface area contributed by atoms with Gasteiger partial charge in [-0.1, -0.05) is 23.7 Å². The average Bonchev–Trinajstić information content (AvgIpc) is 3.53. The summed E-state index contributed by atoms with van der Waals surface area (Å²) in [5.74, 6) is 1.07. The topological polar surface area (TPSA) is 132 Å². The fourth-order valence-corrected chi connectivity index (χ4v) is 9.80. The minimum Gasteiger partial charge on any atom is -0.371 e. The van der Waals surface area contributed by atoms with E-state index >= 15 is 4.39 Å². The Kier molecular flexibility index (Phi) is 10.8. The maximum absolute atomic E-state index is 16.1. The maximum atomic E-state index is 16.1. The molecule has 3 amide bonds. The van der Waals surface area contributed by atoms with Gasteiger partial charge >= 0.3 is 6.03 Å². The standard InChI is InChI=1S/C38H46ClFN10O3S/c1-46-35-32(36(45-46)50-20-13-33(51)44-38(50)52)6-5-31(34(35)40)26-9-14-47(15-10-26)24-25-7-16-48(17-8-25)29-3-2-4-30(21-29)54(53)49-18-11-28(12-19-49)43-37-41-22-27(39)23-42-37/h2-6,21-23,25-26,28H,7-20,24H2,1H3,(H,41,42,43)(H,44,51,52). The number of piperidine rings is 3. The van der Waals surface area contributed by atoms with Gasteiger partial charge in [0.15, 0.2) is 11.6 Å². The van der Waals surface area contributed by atoms with Crippen LogP contribution in [0.25, 0.3) is 10.9 Å². The lowest BCUT2D eigenvalue weighted by molar-refractivity contribution is -0.120. The van der Waals surface area contributed by atoms with E-state index in [9.17, 15) is 13.8 Å². The summed E-state index contributed by atoms with van der Waals surface area (Å²) in [7, 11) is 0.474. The van der Waals surface area contributed by atoms with Crippen LogP contribution in [-0.4, -0.2) is 104 Å². The summed E-state index contributed by atoms with van der Waals surface area (Å²) in [4.78, 5) is 39.8. The van der Waals surface area contributed by atoms with Crippen LogP contribution in [0.3, 0.4) is 0 Å². The zero-order valence-electron chi connectivity index (χ0n) is 30.4. The number of nitrogens with zero attached hydrogens (tertiary/aromatic N) is 8. The van der Waals surface area contributed by atoms with Gasteiger partial charge in [-0.05, 0) is 93.3 Å². The van der Waals surface area contributed by atoms with Gasteiger partial charge in [-0.3, -0.25) is 19.7 Å². The molecule has 1 atom stereocenters. The predicted molar refractivity (Wildman–Crippen MR) is 208 cm³/mol. The summed E-state index contributed by atoms with van der Waals surface area (Å²) in [5.41, 5.74) is 2.22. The smallest absolute Gasteiger partial charge is 0.329 e. The normalized spacial score (nSPS) is 20.8. The number of benzene rings is 2. The Morgan fingerprint density at radius 2 is 1.69 bits per heavy atom. The van der Waals surface area contributed by atoms with Crippen LogP contribution in [-0.2, 0) is 22.8 Å². The highest BCUT2D eigenvalue weighted by molar-refractivity contribution is 7.82. The molecule has 8 rings (SSSR count). The van der Waals surface area contributed by atoms with E-state index in [1.165, 1.54) is 9.58 Å². The highest BCUT2D eigenvalue weighted by Crippen LogP contribution is 2.37. The summed E-state index contributed by atoms with van der Waals surface area (Å²) in [6, 6.07) is 11.6. The summed E-state index contributed by atoms with van der Waals surface area (Å²) in [6.07, 6.45) is 9.03. The first-order valence-electron chi connectivity index (χ1n) is 18.9. The minimum absolute atomic E-state index is 0.117. The number of halogens is 2. The molecule has 6 heterocycles. The Balaban J connectivity index is 0.807. The van der Waals surface area contributed by atoms with Gasteiger partial charge < -0.3 is 15.1 Å². The third-order valence-electron chi connectivity index (χ3n) is 11.4. The number of urea groups is 1. The molecule has 0 aliphatic carbocycles. The molecule has 4 saturated heterocycles. The Hall–Kier alpha value is -4.18. The van der Waals surface area contributed by atoms with Gasteiger partial charge in [0.1, 0.15) is 16.5 Å². The van der Waals surface area contributed by atoms with Crippen LogP contribution in [0.1, 0.15) is 56.4 Å². The molecule has 4 aliphatic rings. The summed E-state index contributed by atoms with van der Waals surface area (Å²) < 4.78 is 33.2. The van der Waals surface area contributed by atoms with Crippen molar-refractivity contribution in [3.8, 4) is 0 Å². The average molecular weight is 777 g/mol. The second-order valence-electron chi connectivity index (χ2n) is 14.9. The number of carbonyl (C=O) groups is 2. The predicted octanol–water partition coefficient (Wildman–Crippen LogP) is 5.30. The zero-order valence-corrected chi connectivity index (χ0v) is 32.0. The molecule has 54 heavy (non-hydrogen) atoms. The SMILES string of the molecule is Cn1nc(N2CCC(=O)NC2=O)c2ccc(C3CCN(CC4CCN(c5cccc(S(=O)N6CCC(Nc7ncc(Cl)cn7)CC6)c5)CC4)CC3)c(F)c21. The van der Waals surface area contributed by atoms with Crippen molar-refractivity contribution in [2.24, 2.45) is 13.0 Å². The van der Waals surface area contributed by atoms with E-state index < -0.39 is 17.0 Å². The fourth-order valence-electron chi connectivity index (χ4n) is 8.44. The number of anilines is 3. The molecular formula is C38H46ClFN10O3S. The summed E-state index contributed by atoms with van der Waals surface area (Å²) in [6.45, 7) is 6.51. The lowest BCUT2D eigenvalue weighted by atomic mass is 9.87. The molecule has 0 bridgehead atoms. The van der Waals surface area contributed by atoms with E-state index in [-0.39, 0.29) is 36.6 Å². The second kappa shape index (κ2) is 15.9. The number of fused-ring (bicyclic) bond motifs is 1. The Morgan fingerprint density at radius 1 is 0.944 bits per heavy atom. The van der Waals surface area contributed by atoms with E-state index in [2.05, 4.69) is 51.9 Å². The first-order chi connectivity index (χ1) is 26.2. The van der Waals surface area contributed by atoms with Crippen LogP contribution in [0.5, 0.6) is 0 Å². The van der Waals surface area contributed by atoms with Crippen molar-refractivity contribution >= 4 is 62.9 Å². The Labute approximate surface area is 321 Å².